The van der Waals surface area contributed by atoms with Gasteiger partial charge in [0.2, 0.25) is 0 Å². The maximum Gasteiger partial charge on any atom is 0.000988 e. The molecule has 80 valence electrons. The first-order chi connectivity index (χ1) is 6.92. The van der Waals surface area contributed by atoms with Crippen LogP contribution in [0.15, 0.2) is 0 Å². The summed E-state index contributed by atoms with van der Waals surface area (Å²) in [6.45, 7) is 6.78. The van der Waals surface area contributed by atoms with E-state index in [4.69, 9.17) is 0 Å². The summed E-state index contributed by atoms with van der Waals surface area (Å²) < 4.78 is 0. The van der Waals surface area contributed by atoms with Gasteiger partial charge in [-0.3, -0.25) is 0 Å². The molecule has 0 aromatic heterocycles. The van der Waals surface area contributed by atoms with Crippen molar-refractivity contribution in [2.24, 2.45) is 17.8 Å². The predicted molar refractivity (Wildman–Crippen MR) is 58.2 cm³/mol. The van der Waals surface area contributed by atoms with E-state index in [0.717, 1.165) is 17.8 Å². The third-order valence-corrected chi connectivity index (χ3v) is 4.47. The van der Waals surface area contributed by atoms with Gasteiger partial charge in [0.15, 0.2) is 0 Å². The Morgan fingerprint density at radius 3 is 2.29 bits per heavy atom. The van der Waals surface area contributed by atoms with Gasteiger partial charge < -0.3 is 10.2 Å². The highest BCUT2D eigenvalue weighted by Gasteiger charge is 2.37. The maximum absolute atomic E-state index is 3.52. The zero-order valence-electron chi connectivity index (χ0n) is 9.04. The number of nitrogens with zero attached hydrogens (tertiary/aromatic N) is 1. The molecule has 1 aliphatic carbocycles. The molecule has 3 fully saturated rings. The molecule has 2 saturated heterocycles. The van der Waals surface area contributed by atoms with Crippen molar-refractivity contribution < 1.29 is 0 Å². The van der Waals surface area contributed by atoms with Gasteiger partial charge in [0, 0.05) is 6.54 Å². The van der Waals surface area contributed by atoms with E-state index in [2.05, 4.69) is 10.2 Å². The van der Waals surface area contributed by atoms with E-state index in [0.29, 0.717) is 0 Å². The van der Waals surface area contributed by atoms with Crippen molar-refractivity contribution in [1.29, 1.82) is 0 Å². The molecular formula is C12H22N2. The lowest BCUT2D eigenvalue weighted by Crippen LogP contribution is -2.26. The monoisotopic (exact) mass is 194 g/mol. The average Bonchev–Trinajstić information content (AvgIpc) is 2.78. The van der Waals surface area contributed by atoms with Crippen molar-refractivity contribution in [3.8, 4) is 0 Å². The highest BCUT2D eigenvalue weighted by atomic mass is 15.1. The summed E-state index contributed by atoms with van der Waals surface area (Å²) in [7, 11) is 0. The van der Waals surface area contributed by atoms with Gasteiger partial charge in [-0.05, 0) is 69.6 Å². The SMILES string of the molecule is C1CCN(CC2CC3CNCC3C2)C1. The molecule has 0 spiro atoms. The fourth-order valence-electron chi connectivity index (χ4n) is 3.77. The molecule has 0 bridgehead atoms. The molecule has 2 unspecified atom stereocenters. The van der Waals surface area contributed by atoms with Gasteiger partial charge in [-0.25, -0.2) is 0 Å². The van der Waals surface area contributed by atoms with E-state index in [1.165, 1.54) is 58.4 Å². The molecule has 3 rings (SSSR count). The second-order valence-electron chi connectivity index (χ2n) is 5.52. The molecule has 0 aromatic rings. The fourth-order valence-corrected chi connectivity index (χ4v) is 3.77. The highest BCUT2D eigenvalue weighted by molar-refractivity contribution is 4.91. The van der Waals surface area contributed by atoms with E-state index >= 15 is 0 Å². The molecule has 2 atom stereocenters. The highest BCUT2D eigenvalue weighted by Crippen LogP contribution is 2.39. The van der Waals surface area contributed by atoms with Gasteiger partial charge in [0.05, 0.1) is 0 Å². The van der Waals surface area contributed by atoms with E-state index in [1.54, 1.807) is 0 Å². The summed E-state index contributed by atoms with van der Waals surface area (Å²) in [6.07, 6.45) is 5.91. The topological polar surface area (TPSA) is 15.3 Å². The maximum atomic E-state index is 3.52. The first kappa shape index (κ1) is 9.17. The summed E-state index contributed by atoms with van der Waals surface area (Å²) >= 11 is 0. The summed E-state index contributed by atoms with van der Waals surface area (Å²) in [5.41, 5.74) is 0. The normalized spacial score (nSPS) is 43.3. The Morgan fingerprint density at radius 1 is 1.00 bits per heavy atom. The third-order valence-electron chi connectivity index (χ3n) is 4.47. The van der Waals surface area contributed by atoms with E-state index in [1.807, 2.05) is 0 Å². The molecule has 0 amide bonds. The molecule has 2 heteroatoms. The van der Waals surface area contributed by atoms with Gasteiger partial charge in [-0.1, -0.05) is 0 Å². The standard InChI is InChI=1S/C12H22N2/c1-2-4-14(3-1)9-10-5-11-7-13-8-12(11)6-10/h10-13H,1-9H2. The van der Waals surface area contributed by atoms with Crippen molar-refractivity contribution >= 4 is 0 Å². The summed E-state index contributed by atoms with van der Waals surface area (Å²) in [5, 5.41) is 3.52. The Balaban J connectivity index is 1.50. The van der Waals surface area contributed by atoms with Crippen molar-refractivity contribution in [3.63, 3.8) is 0 Å². The third kappa shape index (κ3) is 1.70. The summed E-state index contributed by atoms with van der Waals surface area (Å²) in [5.74, 6) is 3.09. The number of hydrogen-bond donors (Lipinski definition) is 1. The Kier molecular flexibility index (Phi) is 2.50. The van der Waals surface area contributed by atoms with Crippen LogP contribution in [-0.4, -0.2) is 37.6 Å². The van der Waals surface area contributed by atoms with E-state index < -0.39 is 0 Å². The average molecular weight is 194 g/mol. The smallest absolute Gasteiger partial charge is 0.000988 e. The van der Waals surface area contributed by atoms with Crippen LogP contribution >= 0.6 is 0 Å². The lowest BCUT2D eigenvalue weighted by Gasteiger charge is -2.20. The van der Waals surface area contributed by atoms with Gasteiger partial charge in [-0.15, -0.1) is 0 Å². The molecule has 2 nitrogen and oxygen atoms in total. The molecule has 1 N–H and O–H groups in total. The van der Waals surface area contributed by atoms with Crippen LogP contribution in [0.5, 0.6) is 0 Å². The van der Waals surface area contributed by atoms with Crippen LogP contribution in [-0.2, 0) is 0 Å². The predicted octanol–water partition coefficient (Wildman–Crippen LogP) is 1.33. The van der Waals surface area contributed by atoms with Crippen molar-refractivity contribution in [2.75, 3.05) is 32.7 Å². The van der Waals surface area contributed by atoms with Gasteiger partial charge >= 0.3 is 0 Å². The van der Waals surface area contributed by atoms with E-state index in [-0.39, 0.29) is 0 Å². The lowest BCUT2D eigenvalue weighted by molar-refractivity contribution is 0.272. The minimum atomic E-state index is 1.03. The van der Waals surface area contributed by atoms with E-state index in [9.17, 15) is 0 Å². The van der Waals surface area contributed by atoms with Crippen molar-refractivity contribution in [1.82, 2.24) is 10.2 Å². The number of nitrogens with one attached hydrogen (secondary N) is 1. The summed E-state index contributed by atoms with van der Waals surface area (Å²) in [6, 6.07) is 0. The molecule has 14 heavy (non-hydrogen) atoms. The van der Waals surface area contributed by atoms with Gasteiger partial charge in [0.1, 0.15) is 0 Å². The Labute approximate surface area is 87.0 Å². The second-order valence-corrected chi connectivity index (χ2v) is 5.52. The molecule has 1 saturated carbocycles. The number of likely N-dealkylation sites (tertiary alicyclic amines) is 1. The lowest BCUT2D eigenvalue weighted by atomic mass is 10.0. The second kappa shape index (κ2) is 3.82. The first-order valence-corrected chi connectivity index (χ1v) is 6.35. The van der Waals surface area contributed by atoms with Crippen LogP contribution in [0, 0.1) is 17.8 Å². The molecule has 0 radical (unpaired) electrons. The van der Waals surface area contributed by atoms with Crippen molar-refractivity contribution in [2.45, 2.75) is 25.7 Å². The molecular weight excluding hydrogens is 172 g/mol. The number of fused-ring (bicyclic) bond motifs is 1. The zero-order chi connectivity index (χ0) is 9.38. The van der Waals surface area contributed by atoms with Crippen LogP contribution in [0.3, 0.4) is 0 Å². The molecule has 2 heterocycles. The van der Waals surface area contributed by atoms with Crippen LogP contribution in [0.2, 0.25) is 0 Å². The Bertz CT molecular complexity index is 186. The number of hydrogen-bond acceptors (Lipinski definition) is 2. The zero-order valence-corrected chi connectivity index (χ0v) is 9.04. The number of rotatable bonds is 2. The van der Waals surface area contributed by atoms with Crippen LogP contribution in [0.25, 0.3) is 0 Å². The quantitative estimate of drug-likeness (QED) is 0.713. The minimum Gasteiger partial charge on any atom is -0.316 e. The van der Waals surface area contributed by atoms with Crippen LogP contribution in [0.1, 0.15) is 25.7 Å². The van der Waals surface area contributed by atoms with Crippen LogP contribution in [0.4, 0.5) is 0 Å². The first-order valence-electron chi connectivity index (χ1n) is 6.35. The molecule has 3 aliphatic rings. The molecule has 0 aromatic carbocycles. The van der Waals surface area contributed by atoms with Gasteiger partial charge in [-0.2, -0.15) is 0 Å². The minimum absolute atomic E-state index is 1.03. The molecule has 2 aliphatic heterocycles. The van der Waals surface area contributed by atoms with Crippen LogP contribution < -0.4 is 5.32 Å². The largest absolute Gasteiger partial charge is 0.316 e. The van der Waals surface area contributed by atoms with Gasteiger partial charge in [0.25, 0.3) is 0 Å². The van der Waals surface area contributed by atoms with Crippen molar-refractivity contribution in [3.05, 3.63) is 0 Å². The summed E-state index contributed by atoms with van der Waals surface area (Å²) in [4.78, 5) is 2.69. The Hall–Kier alpha value is -0.0800. The fraction of sp³-hybridized carbons (Fsp3) is 1.00. The Morgan fingerprint density at radius 2 is 1.64 bits per heavy atom.